The highest BCUT2D eigenvalue weighted by atomic mass is 16.5. The Balaban J connectivity index is 1.46. The molecule has 0 amide bonds. The first kappa shape index (κ1) is 19.9. The molecule has 0 aromatic carbocycles. The van der Waals surface area contributed by atoms with Crippen molar-refractivity contribution >= 4 is 17.1 Å². The van der Waals surface area contributed by atoms with Crippen LogP contribution in [-0.4, -0.2) is 71.7 Å². The van der Waals surface area contributed by atoms with Crippen LogP contribution in [0, 0.1) is 0 Å². The van der Waals surface area contributed by atoms with Crippen LogP contribution in [-0.2, 0) is 9.47 Å². The minimum atomic E-state index is -0.807. The van der Waals surface area contributed by atoms with Crippen molar-refractivity contribution in [1.82, 2.24) is 19.1 Å². The minimum absolute atomic E-state index is 0.161. The number of fused-ring (bicyclic) bond motifs is 4. The quantitative estimate of drug-likeness (QED) is 0.469. The molecule has 2 fully saturated rings. The van der Waals surface area contributed by atoms with E-state index in [0.717, 1.165) is 25.7 Å². The van der Waals surface area contributed by atoms with Crippen LogP contribution >= 0.6 is 0 Å². The second-order valence-electron chi connectivity index (χ2n) is 8.27. The van der Waals surface area contributed by atoms with Gasteiger partial charge in [-0.3, -0.25) is 13.9 Å². The lowest BCUT2D eigenvalue weighted by Gasteiger charge is -2.18. The standard InChI is InChI=1S/C19H27N5O6/c1-2-3-4-5-10-15(27)14-17(30-10)22-19-21-16-13(18(28)24(14)19)20-8-23(16)12-6-9(26)11(7-25)29-12/h8-12,14-15,17,25-27H,2-7H2,1H3,(H,21,22)/t9-,10-,11+,12+,14-,15+,17+/m0/s1. The molecule has 2 aromatic rings. The Morgan fingerprint density at radius 1 is 1.27 bits per heavy atom. The van der Waals surface area contributed by atoms with E-state index in [-0.39, 0.29) is 30.2 Å². The Hall–Kier alpha value is -2.05. The van der Waals surface area contributed by atoms with Crippen molar-refractivity contribution in [3.8, 4) is 0 Å². The number of nitrogens with zero attached hydrogens (tertiary/aromatic N) is 4. The third kappa shape index (κ3) is 2.95. The molecule has 0 bridgehead atoms. The summed E-state index contributed by atoms with van der Waals surface area (Å²) < 4.78 is 14.7. The van der Waals surface area contributed by atoms with E-state index < -0.39 is 36.8 Å². The molecule has 0 spiro atoms. The molecule has 5 heterocycles. The van der Waals surface area contributed by atoms with Crippen LogP contribution in [0.4, 0.5) is 5.95 Å². The van der Waals surface area contributed by atoms with Crippen molar-refractivity contribution in [3.05, 3.63) is 16.7 Å². The number of hydrogen-bond donors (Lipinski definition) is 4. The summed E-state index contributed by atoms with van der Waals surface area (Å²) in [6.45, 7) is 1.82. The van der Waals surface area contributed by atoms with Crippen molar-refractivity contribution in [3.63, 3.8) is 0 Å². The molecular formula is C19H27N5O6. The normalized spacial score (nSPS) is 35.0. The number of imidazole rings is 1. The molecule has 3 aliphatic heterocycles. The van der Waals surface area contributed by atoms with Gasteiger partial charge >= 0.3 is 0 Å². The number of nitrogens with one attached hydrogen (secondary N) is 1. The van der Waals surface area contributed by atoms with E-state index in [1.54, 1.807) is 4.57 Å². The topological polar surface area (TPSA) is 144 Å². The van der Waals surface area contributed by atoms with Crippen LogP contribution < -0.4 is 10.9 Å². The molecule has 2 aromatic heterocycles. The fraction of sp³-hybridized carbons (Fsp3) is 0.737. The molecule has 0 unspecified atom stereocenters. The van der Waals surface area contributed by atoms with Crippen molar-refractivity contribution in [1.29, 1.82) is 0 Å². The van der Waals surface area contributed by atoms with Crippen molar-refractivity contribution in [2.75, 3.05) is 11.9 Å². The molecular weight excluding hydrogens is 394 g/mol. The highest BCUT2D eigenvalue weighted by molar-refractivity contribution is 5.72. The van der Waals surface area contributed by atoms with E-state index in [9.17, 15) is 20.1 Å². The number of ether oxygens (including phenoxy) is 2. The van der Waals surface area contributed by atoms with Gasteiger partial charge in [0.05, 0.1) is 25.1 Å². The van der Waals surface area contributed by atoms with Gasteiger partial charge in [-0.15, -0.1) is 0 Å². The van der Waals surface area contributed by atoms with Crippen molar-refractivity contribution < 1.29 is 24.8 Å². The summed E-state index contributed by atoms with van der Waals surface area (Å²) in [6, 6.07) is -0.551. The van der Waals surface area contributed by atoms with E-state index in [1.807, 2.05) is 0 Å². The van der Waals surface area contributed by atoms with Gasteiger partial charge in [0.2, 0.25) is 5.95 Å². The predicted octanol–water partition coefficient (Wildman–Crippen LogP) is -0.134. The van der Waals surface area contributed by atoms with Crippen molar-refractivity contribution in [2.24, 2.45) is 0 Å². The van der Waals surface area contributed by atoms with Gasteiger partial charge in [0.15, 0.2) is 17.4 Å². The number of hydrogen-bond acceptors (Lipinski definition) is 9. The first-order chi connectivity index (χ1) is 14.5. The summed E-state index contributed by atoms with van der Waals surface area (Å²) in [4.78, 5) is 22.0. The lowest BCUT2D eigenvalue weighted by Crippen LogP contribution is -2.33. The highest BCUT2D eigenvalue weighted by Crippen LogP contribution is 2.39. The van der Waals surface area contributed by atoms with Crippen LogP contribution in [0.25, 0.3) is 11.2 Å². The summed E-state index contributed by atoms with van der Waals surface area (Å²) in [7, 11) is 0. The highest BCUT2D eigenvalue weighted by Gasteiger charge is 2.50. The van der Waals surface area contributed by atoms with Crippen LogP contribution in [0.2, 0.25) is 0 Å². The average Bonchev–Trinajstić information content (AvgIpc) is 3.46. The summed E-state index contributed by atoms with van der Waals surface area (Å²) in [5.41, 5.74) is 0.125. The zero-order chi connectivity index (χ0) is 21.0. The predicted molar refractivity (Wildman–Crippen MR) is 105 cm³/mol. The van der Waals surface area contributed by atoms with Gasteiger partial charge in [0.1, 0.15) is 24.5 Å². The van der Waals surface area contributed by atoms with E-state index in [0.29, 0.717) is 11.6 Å². The van der Waals surface area contributed by atoms with Crippen LogP contribution in [0.1, 0.15) is 51.3 Å². The Morgan fingerprint density at radius 2 is 2.10 bits per heavy atom. The maximum absolute atomic E-state index is 13.2. The maximum Gasteiger partial charge on any atom is 0.283 e. The Labute approximate surface area is 172 Å². The molecule has 11 heteroatoms. The zero-order valence-electron chi connectivity index (χ0n) is 16.7. The second-order valence-corrected chi connectivity index (χ2v) is 8.27. The van der Waals surface area contributed by atoms with Gasteiger partial charge in [0, 0.05) is 6.42 Å². The molecule has 0 radical (unpaired) electrons. The minimum Gasteiger partial charge on any atom is -0.394 e. The largest absolute Gasteiger partial charge is 0.394 e. The summed E-state index contributed by atoms with van der Waals surface area (Å²) in [5, 5.41) is 33.3. The molecule has 5 rings (SSSR count). The third-order valence-corrected chi connectivity index (χ3v) is 6.35. The molecule has 30 heavy (non-hydrogen) atoms. The smallest absolute Gasteiger partial charge is 0.283 e. The molecule has 0 saturated carbocycles. The van der Waals surface area contributed by atoms with Crippen molar-refractivity contribution in [2.45, 2.75) is 81.9 Å². The second kappa shape index (κ2) is 7.57. The number of aromatic nitrogens is 4. The summed E-state index contributed by atoms with van der Waals surface area (Å²) in [6.07, 6.45) is 1.85. The molecule has 164 valence electrons. The lowest BCUT2D eigenvalue weighted by molar-refractivity contribution is -0.0432. The van der Waals surface area contributed by atoms with Gasteiger partial charge in [0.25, 0.3) is 5.56 Å². The Kier molecular flexibility index (Phi) is 5.02. The van der Waals surface area contributed by atoms with Gasteiger partial charge in [-0.05, 0) is 6.42 Å². The summed E-state index contributed by atoms with van der Waals surface area (Å²) in [5.74, 6) is 0.313. The van der Waals surface area contributed by atoms with Crippen LogP contribution in [0.15, 0.2) is 11.1 Å². The molecule has 4 N–H and O–H groups in total. The number of rotatable bonds is 6. The Bertz CT molecular complexity index is 992. The van der Waals surface area contributed by atoms with E-state index in [4.69, 9.17) is 9.47 Å². The maximum atomic E-state index is 13.2. The summed E-state index contributed by atoms with van der Waals surface area (Å²) >= 11 is 0. The number of aliphatic hydroxyl groups is 3. The van der Waals surface area contributed by atoms with E-state index in [1.165, 1.54) is 10.9 Å². The van der Waals surface area contributed by atoms with Crippen LogP contribution in [0.3, 0.4) is 0 Å². The Morgan fingerprint density at radius 3 is 2.83 bits per heavy atom. The van der Waals surface area contributed by atoms with E-state index in [2.05, 4.69) is 22.2 Å². The molecule has 3 aliphatic rings. The van der Waals surface area contributed by atoms with Gasteiger partial charge in [-0.2, -0.15) is 4.98 Å². The fourth-order valence-electron chi connectivity index (χ4n) is 4.74. The molecule has 2 saturated heterocycles. The average molecular weight is 421 g/mol. The van der Waals surface area contributed by atoms with E-state index >= 15 is 0 Å². The van der Waals surface area contributed by atoms with Gasteiger partial charge in [-0.1, -0.05) is 26.2 Å². The molecule has 0 aliphatic carbocycles. The fourth-order valence-corrected chi connectivity index (χ4v) is 4.74. The van der Waals surface area contributed by atoms with Gasteiger partial charge < -0.3 is 30.1 Å². The zero-order valence-corrected chi connectivity index (χ0v) is 16.7. The monoisotopic (exact) mass is 421 g/mol. The molecule has 11 nitrogen and oxygen atoms in total. The SMILES string of the molecule is CCCCC[C@@H]1O[C@H]2Nc3nc4c(ncn4[C@H]4C[C@H](O)[C@@H](CO)O4)c(=O)n3[C@H]2[C@@H]1O. The van der Waals surface area contributed by atoms with Crippen LogP contribution in [0.5, 0.6) is 0 Å². The number of anilines is 1. The lowest BCUT2D eigenvalue weighted by atomic mass is 10.0. The first-order valence-electron chi connectivity index (χ1n) is 10.6. The molecule has 7 atom stereocenters. The first-order valence-corrected chi connectivity index (χ1v) is 10.6. The number of unbranched alkanes of at least 4 members (excludes halogenated alkanes) is 2. The number of aliphatic hydroxyl groups excluding tert-OH is 3. The third-order valence-electron chi connectivity index (χ3n) is 6.35. The van der Waals surface area contributed by atoms with Gasteiger partial charge in [-0.25, -0.2) is 4.98 Å².